The zero-order chi connectivity index (χ0) is 12.8. The van der Waals surface area contributed by atoms with E-state index in [-0.39, 0.29) is 6.04 Å². The number of nitrogens with zero attached hydrogens (tertiary/aromatic N) is 1. The van der Waals surface area contributed by atoms with Crippen molar-refractivity contribution in [3.8, 4) is 0 Å². The zero-order valence-corrected chi connectivity index (χ0v) is 11.8. The summed E-state index contributed by atoms with van der Waals surface area (Å²) in [5.74, 6) is 0. The van der Waals surface area contributed by atoms with Crippen LogP contribution in [0.1, 0.15) is 74.9 Å². The molecule has 3 rings (SSSR count). The Labute approximate surface area is 111 Å². The molecule has 1 saturated carbocycles. The molecule has 2 N–H and O–H groups in total. The molecule has 0 aliphatic heterocycles. The van der Waals surface area contributed by atoms with Crippen molar-refractivity contribution in [3.05, 3.63) is 23.0 Å². The van der Waals surface area contributed by atoms with Crippen LogP contribution in [0.3, 0.4) is 0 Å². The number of aromatic nitrogens is 1. The standard InChI is InChI=1S/C16H26N2/c1-12-11-13-14(17)7-6-8-15(13)18(12)16(2)9-4-3-5-10-16/h11,14H,3-10,17H2,1-2H3. The van der Waals surface area contributed by atoms with Crippen LogP contribution >= 0.6 is 0 Å². The lowest BCUT2D eigenvalue weighted by Gasteiger charge is -2.39. The molecule has 0 bridgehead atoms. The molecule has 18 heavy (non-hydrogen) atoms. The van der Waals surface area contributed by atoms with Gasteiger partial charge in [-0.2, -0.15) is 0 Å². The van der Waals surface area contributed by atoms with Gasteiger partial charge in [-0.05, 0) is 57.6 Å². The van der Waals surface area contributed by atoms with Gasteiger partial charge in [0.1, 0.15) is 0 Å². The Morgan fingerprint density at radius 2 is 1.94 bits per heavy atom. The first-order valence-electron chi connectivity index (χ1n) is 7.59. The molecular formula is C16H26N2. The van der Waals surface area contributed by atoms with Gasteiger partial charge in [0, 0.05) is 23.0 Å². The number of nitrogens with two attached hydrogens (primary N) is 1. The molecule has 2 heteroatoms. The predicted molar refractivity (Wildman–Crippen MR) is 75.8 cm³/mol. The van der Waals surface area contributed by atoms with Crippen molar-refractivity contribution in [1.82, 2.24) is 4.57 Å². The molecule has 1 unspecified atom stereocenters. The summed E-state index contributed by atoms with van der Waals surface area (Å²) in [6.45, 7) is 4.73. The fourth-order valence-corrected chi connectivity index (χ4v) is 4.23. The quantitative estimate of drug-likeness (QED) is 0.802. The smallest absolute Gasteiger partial charge is 0.0417 e. The lowest BCUT2D eigenvalue weighted by Crippen LogP contribution is -2.35. The molecule has 2 aliphatic rings. The van der Waals surface area contributed by atoms with E-state index in [1.807, 2.05) is 0 Å². The minimum atomic E-state index is 0.279. The van der Waals surface area contributed by atoms with Crippen LogP contribution in [0, 0.1) is 6.92 Å². The van der Waals surface area contributed by atoms with Gasteiger partial charge in [-0.25, -0.2) is 0 Å². The van der Waals surface area contributed by atoms with Crippen LogP contribution in [-0.2, 0) is 12.0 Å². The van der Waals surface area contributed by atoms with Crippen molar-refractivity contribution >= 4 is 0 Å². The molecule has 2 aliphatic carbocycles. The molecule has 0 saturated heterocycles. The van der Waals surface area contributed by atoms with Crippen LogP contribution in [0.2, 0.25) is 0 Å². The molecule has 0 amide bonds. The maximum atomic E-state index is 6.29. The second-order valence-corrected chi connectivity index (χ2v) is 6.58. The van der Waals surface area contributed by atoms with Gasteiger partial charge in [-0.1, -0.05) is 19.3 Å². The maximum absolute atomic E-state index is 6.29. The molecule has 0 aromatic carbocycles. The van der Waals surface area contributed by atoms with Gasteiger partial charge in [-0.3, -0.25) is 0 Å². The van der Waals surface area contributed by atoms with Crippen molar-refractivity contribution in [2.75, 3.05) is 0 Å². The summed E-state index contributed by atoms with van der Waals surface area (Å²) in [5, 5.41) is 0. The molecule has 1 atom stereocenters. The first-order valence-corrected chi connectivity index (χ1v) is 7.59. The molecule has 2 nitrogen and oxygen atoms in total. The highest BCUT2D eigenvalue weighted by Gasteiger charge is 2.34. The summed E-state index contributed by atoms with van der Waals surface area (Å²) >= 11 is 0. The van der Waals surface area contributed by atoms with E-state index in [4.69, 9.17) is 5.73 Å². The van der Waals surface area contributed by atoms with E-state index in [2.05, 4.69) is 24.5 Å². The van der Waals surface area contributed by atoms with E-state index in [1.54, 1.807) is 5.69 Å². The minimum Gasteiger partial charge on any atom is -0.343 e. The van der Waals surface area contributed by atoms with Crippen molar-refractivity contribution in [1.29, 1.82) is 0 Å². The lowest BCUT2D eigenvalue weighted by molar-refractivity contribution is 0.209. The first-order chi connectivity index (χ1) is 8.62. The minimum absolute atomic E-state index is 0.279. The molecule has 1 fully saturated rings. The third kappa shape index (κ3) is 1.82. The Morgan fingerprint density at radius 3 is 2.67 bits per heavy atom. The van der Waals surface area contributed by atoms with Gasteiger partial charge in [0.25, 0.3) is 0 Å². The Hall–Kier alpha value is -0.760. The maximum Gasteiger partial charge on any atom is 0.0417 e. The zero-order valence-electron chi connectivity index (χ0n) is 11.8. The second-order valence-electron chi connectivity index (χ2n) is 6.58. The summed E-state index contributed by atoms with van der Waals surface area (Å²) in [4.78, 5) is 0. The van der Waals surface area contributed by atoms with Crippen LogP contribution in [0.25, 0.3) is 0 Å². The lowest BCUT2D eigenvalue weighted by atomic mass is 9.82. The molecule has 0 spiro atoms. The average molecular weight is 246 g/mol. The Kier molecular flexibility index (Phi) is 3.01. The predicted octanol–water partition coefficient (Wildman–Crippen LogP) is 3.81. The number of hydrogen-bond acceptors (Lipinski definition) is 1. The van der Waals surface area contributed by atoms with E-state index in [0.29, 0.717) is 5.54 Å². The average Bonchev–Trinajstić information content (AvgIpc) is 2.68. The van der Waals surface area contributed by atoms with Gasteiger partial charge in [-0.15, -0.1) is 0 Å². The van der Waals surface area contributed by atoms with E-state index < -0.39 is 0 Å². The van der Waals surface area contributed by atoms with Crippen LogP contribution < -0.4 is 5.73 Å². The highest BCUT2D eigenvalue weighted by atomic mass is 15.1. The van der Waals surface area contributed by atoms with Crippen LogP contribution in [0.4, 0.5) is 0 Å². The van der Waals surface area contributed by atoms with E-state index >= 15 is 0 Å². The summed E-state index contributed by atoms with van der Waals surface area (Å²) in [7, 11) is 0. The molecule has 1 heterocycles. The number of aryl methyl sites for hydroxylation is 1. The number of hydrogen-bond donors (Lipinski definition) is 1. The van der Waals surface area contributed by atoms with Gasteiger partial charge < -0.3 is 10.3 Å². The van der Waals surface area contributed by atoms with Gasteiger partial charge in [0.2, 0.25) is 0 Å². The normalized spacial score (nSPS) is 26.9. The van der Waals surface area contributed by atoms with Gasteiger partial charge >= 0.3 is 0 Å². The number of fused-ring (bicyclic) bond motifs is 1. The highest BCUT2D eigenvalue weighted by Crippen LogP contribution is 2.40. The van der Waals surface area contributed by atoms with Gasteiger partial charge in [0.15, 0.2) is 0 Å². The SMILES string of the molecule is Cc1cc2c(n1C1(C)CCCCC1)CCCC2N. The van der Waals surface area contributed by atoms with E-state index in [0.717, 1.165) is 6.42 Å². The molecule has 1 aromatic rings. The summed E-state index contributed by atoms with van der Waals surface area (Å²) in [5.41, 5.74) is 11.1. The van der Waals surface area contributed by atoms with Crippen molar-refractivity contribution < 1.29 is 0 Å². The third-order valence-corrected chi connectivity index (χ3v) is 5.12. The second kappa shape index (κ2) is 4.41. The highest BCUT2D eigenvalue weighted by molar-refractivity contribution is 5.34. The Bertz CT molecular complexity index is 438. The van der Waals surface area contributed by atoms with Gasteiger partial charge in [0.05, 0.1) is 0 Å². The monoisotopic (exact) mass is 246 g/mol. The van der Waals surface area contributed by atoms with Crippen LogP contribution in [-0.4, -0.2) is 4.57 Å². The largest absolute Gasteiger partial charge is 0.343 e. The Balaban J connectivity index is 2.06. The summed E-state index contributed by atoms with van der Waals surface area (Å²) in [6, 6.07) is 2.64. The first kappa shape index (κ1) is 12.3. The molecular weight excluding hydrogens is 220 g/mol. The molecule has 0 radical (unpaired) electrons. The fraction of sp³-hybridized carbons (Fsp3) is 0.750. The van der Waals surface area contributed by atoms with Crippen molar-refractivity contribution in [3.63, 3.8) is 0 Å². The summed E-state index contributed by atoms with van der Waals surface area (Å²) in [6.07, 6.45) is 10.5. The van der Waals surface area contributed by atoms with E-state index in [9.17, 15) is 0 Å². The van der Waals surface area contributed by atoms with Crippen molar-refractivity contribution in [2.24, 2.45) is 5.73 Å². The molecule has 100 valence electrons. The topological polar surface area (TPSA) is 30.9 Å². The fourth-order valence-electron chi connectivity index (χ4n) is 4.23. The van der Waals surface area contributed by atoms with Crippen LogP contribution in [0.5, 0.6) is 0 Å². The van der Waals surface area contributed by atoms with Crippen LogP contribution in [0.15, 0.2) is 6.07 Å². The Morgan fingerprint density at radius 1 is 1.22 bits per heavy atom. The third-order valence-electron chi connectivity index (χ3n) is 5.12. The van der Waals surface area contributed by atoms with E-state index in [1.165, 1.54) is 56.2 Å². The summed E-state index contributed by atoms with van der Waals surface area (Å²) < 4.78 is 2.65. The molecule has 1 aromatic heterocycles. The van der Waals surface area contributed by atoms with Crippen molar-refractivity contribution in [2.45, 2.75) is 76.8 Å². The number of rotatable bonds is 1.